The predicted octanol–water partition coefficient (Wildman–Crippen LogP) is 2.97. The molecule has 2 atom stereocenters. The number of nitrogens with one attached hydrogen (secondary N) is 2. The molecule has 0 radical (unpaired) electrons. The number of amides is 2. The quantitative estimate of drug-likeness (QED) is 0.820. The Morgan fingerprint density at radius 2 is 1.84 bits per heavy atom. The van der Waals surface area contributed by atoms with Crippen LogP contribution in [0, 0.1) is 11.3 Å². The average Bonchev–Trinajstić information content (AvgIpc) is 2.52. The smallest absolute Gasteiger partial charge is 0.313 e. The highest BCUT2D eigenvalue weighted by molar-refractivity contribution is 6.39. The van der Waals surface area contributed by atoms with Gasteiger partial charge in [-0.2, -0.15) is 0 Å². The summed E-state index contributed by atoms with van der Waals surface area (Å²) in [5.74, 6) is 0.228. The molecular formula is C19H28N2O4. The minimum absolute atomic E-state index is 0.0178. The van der Waals surface area contributed by atoms with Crippen LogP contribution in [-0.2, 0) is 9.59 Å². The molecule has 1 fully saturated rings. The summed E-state index contributed by atoms with van der Waals surface area (Å²) in [5.41, 5.74) is 0.571. The molecule has 0 saturated heterocycles. The van der Waals surface area contributed by atoms with Gasteiger partial charge in [-0.25, -0.2) is 0 Å². The molecule has 1 aliphatic rings. The number of carbonyl (C=O) groups excluding carboxylic acids is 2. The summed E-state index contributed by atoms with van der Waals surface area (Å²) in [6, 6.07) is 5.04. The highest BCUT2D eigenvalue weighted by atomic mass is 16.5. The molecule has 6 nitrogen and oxygen atoms in total. The van der Waals surface area contributed by atoms with E-state index in [1.807, 2.05) is 0 Å². The van der Waals surface area contributed by atoms with Gasteiger partial charge in [0.2, 0.25) is 0 Å². The second-order valence-corrected chi connectivity index (χ2v) is 7.60. The lowest BCUT2D eigenvalue weighted by Crippen LogP contribution is -2.46. The van der Waals surface area contributed by atoms with Gasteiger partial charge in [-0.05, 0) is 42.7 Å². The van der Waals surface area contributed by atoms with Crippen molar-refractivity contribution in [3.8, 4) is 11.5 Å². The van der Waals surface area contributed by atoms with Gasteiger partial charge in [-0.1, -0.05) is 20.8 Å². The van der Waals surface area contributed by atoms with Crippen molar-refractivity contribution in [3.63, 3.8) is 0 Å². The van der Waals surface area contributed by atoms with Crippen LogP contribution in [0.5, 0.6) is 11.5 Å². The molecule has 2 N–H and O–H groups in total. The van der Waals surface area contributed by atoms with Gasteiger partial charge in [0, 0.05) is 12.1 Å². The summed E-state index contributed by atoms with van der Waals surface area (Å²) in [6.07, 6.45) is 2.90. The van der Waals surface area contributed by atoms with Gasteiger partial charge in [0.15, 0.2) is 0 Å². The van der Waals surface area contributed by atoms with Crippen molar-refractivity contribution in [2.75, 3.05) is 19.5 Å². The fourth-order valence-corrected chi connectivity index (χ4v) is 3.80. The van der Waals surface area contributed by atoms with Gasteiger partial charge in [-0.3, -0.25) is 9.59 Å². The monoisotopic (exact) mass is 348 g/mol. The first-order valence-corrected chi connectivity index (χ1v) is 8.58. The van der Waals surface area contributed by atoms with Crippen LogP contribution in [0.15, 0.2) is 18.2 Å². The predicted molar refractivity (Wildman–Crippen MR) is 96.9 cm³/mol. The normalized spacial score (nSPS) is 22.0. The summed E-state index contributed by atoms with van der Waals surface area (Å²) in [7, 11) is 3.04. The molecule has 0 spiro atoms. The first-order valence-electron chi connectivity index (χ1n) is 8.58. The molecule has 0 aromatic heterocycles. The van der Waals surface area contributed by atoms with Gasteiger partial charge in [0.25, 0.3) is 0 Å². The molecule has 1 aliphatic carbocycles. The molecule has 138 valence electrons. The van der Waals surface area contributed by atoms with Gasteiger partial charge in [0.05, 0.1) is 19.9 Å². The molecule has 2 rings (SSSR count). The Kier molecular flexibility index (Phi) is 5.93. The minimum atomic E-state index is -0.706. The number of hydrogen-bond acceptors (Lipinski definition) is 4. The number of anilines is 1. The number of rotatable bonds is 4. The van der Waals surface area contributed by atoms with Gasteiger partial charge < -0.3 is 20.1 Å². The number of benzene rings is 1. The van der Waals surface area contributed by atoms with Crippen LogP contribution >= 0.6 is 0 Å². The molecule has 1 aromatic rings. The van der Waals surface area contributed by atoms with E-state index in [1.165, 1.54) is 14.2 Å². The summed E-state index contributed by atoms with van der Waals surface area (Å²) < 4.78 is 10.4. The van der Waals surface area contributed by atoms with Crippen molar-refractivity contribution >= 4 is 17.5 Å². The Labute approximate surface area is 149 Å². The highest BCUT2D eigenvalue weighted by Gasteiger charge is 2.33. The van der Waals surface area contributed by atoms with Gasteiger partial charge in [-0.15, -0.1) is 0 Å². The molecule has 2 amide bonds. The zero-order valence-electron chi connectivity index (χ0n) is 15.6. The van der Waals surface area contributed by atoms with E-state index >= 15 is 0 Å². The van der Waals surface area contributed by atoms with Crippen LogP contribution in [-0.4, -0.2) is 32.1 Å². The third-order valence-electron chi connectivity index (χ3n) is 4.58. The lowest BCUT2D eigenvalue weighted by molar-refractivity contribution is -0.137. The number of ether oxygens (including phenoxy) is 2. The van der Waals surface area contributed by atoms with E-state index in [0.29, 0.717) is 23.1 Å². The average molecular weight is 348 g/mol. The van der Waals surface area contributed by atoms with E-state index in [1.54, 1.807) is 18.2 Å². The minimum Gasteiger partial charge on any atom is -0.497 e. The molecule has 1 aromatic carbocycles. The fraction of sp³-hybridized carbons (Fsp3) is 0.579. The third kappa shape index (κ3) is 5.11. The SMILES string of the molecule is COc1ccc(OC)c(NC(=O)C(=O)N[C@@H]2C[C@@H](C)CC(C)(C)C2)c1. The van der Waals surface area contributed by atoms with Crippen molar-refractivity contribution < 1.29 is 19.1 Å². The molecule has 25 heavy (non-hydrogen) atoms. The standard InChI is InChI=1S/C19H28N2O4/c1-12-8-13(11-19(2,3)10-12)20-17(22)18(23)21-15-9-14(24-4)6-7-16(15)25-5/h6-7,9,12-13H,8,10-11H2,1-5H3,(H,20,22)(H,21,23)/t12-,13-/m1/s1. The maximum Gasteiger partial charge on any atom is 0.313 e. The zero-order valence-corrected chi connectivity index (χ0v) is 15.6. The topological polar surface area (TPSA) is 76.7 Å². The fourth-order valence-electron chi connectivity index (χ4n) is 3.80. The summed E-state index contributed by atoms with van der Waals surface area (Å²) >= 11 is 0. The van der Waals surface area contributed by atoms with Crippen LogP contribution < -0.4 is 20.1 Å². The van der Waals surface area contributed by atoms with Crippen LogP contribution in [0.2, 0.25) is 0 Å². The van der Waals surface area contributed by atoms with E-state index in [9.17, 15) is 9.59 Å². The van der Waals surface area contributed by atoms with Crippen molar-refractivity contribution in [2.45, 2.75) is 46.1 Å². The lowest BCUT2D eigenvalue weighted by atomic mass is 9.70. The second kappa shape index (κ2) is 7.76. The molecule has 0 unspecified atom stereocenters. The number of hydrogen-bond donors (Lipinski definition) is 2. The Hall–Kier alpha value is -2.24. The molecule has 6 heteroatoms. The molecular weight excluding hydrogens is 320 g/mol. The van der Waals surface area contributed by atoms with Crippen LogP contribution in [0.4, 0.5) is 5.69 Å². The summed E-state index contributed by atoms with van der Waals surface area (Å²) in [5, 5.41) is 5.47. The van der Waals surface area contributed by atoms with Crippen LogP contribution in [0.25, 0.3) is 0 Å². The van der Waals surface area contributed by atoms with Crippen LogP contribution in [0.3, 0.4) is 0 Å². The first kappa shape index (κ1) is 19.1. The largest absolute Gasteiger partial charge is 0.497 e. The van der Waals surface area contributed by atoms with E-state index in [-0.39, 0.29) is 11.5 Å². The van der Waals surface area contributed by atoms with Crippen molar-refractivity contribution in [1.82, 2.24) is 5.32 Å². The maximum absolute atomic E-state index is 12.3. The maximum atomic E-state index is 12.3. The molecule has 0 bridgehead atoms. The van der Waals surface area contributed by atoms with E-state index < -0.39 is 11.8 Å². The first-order chi connectivity index (χ1) is 11.7. The molecule has 1 saturated carbocycles. The Balaban J connectivity index is 2.02. The summed E-state index contributed by atoms with van der Waals surface area (Å²) in [6.45, 7) is 6.58. The van der Waals surface area contributed by atoms with E-state index in [2.05, 4.69) is 31.4 Å². The Morgan fingerprint density at radius 3 is 2.44 bits per heavy atom. The lowest BCUT2D eigenvalue weighted by Gasteiger charge is -2.39. The van der Waals surface area contributed by atoms with E-state index in [4.69, 9.17) is 9.47 Å². The number of methoxy groups -OCH3 is 2. The summed E-state index contributed by atoms with van der Waals surface area (Å²) in [4.78, 5) is 24.6. The third-order valence-corrected chi connectivity index (χ3v) is 4.58. The second-order valence-electron chi connectivity index (χ2n) is 7.60. The van der Waals surface area contributed by atoms with Crippen LogP contribution in [0.1, 0.15) is 40.0 Å². The van der Waals surface area contributed by atoms with E-state index in [0.717, 1.165) is 19.3 Å². The van der Waals surface area contributed by atoms with Gasteiger partial charge >= 0.3 is 11.8 Å². The van der Waals surface area contributed by atoms with Gasteiger partial charge in [0.1, 0.15) is 11.5 Å². The molecule has 0 heterocycles. The Morgan fingerprint density at radius 1 is 1.12 bits per heavy atom. The highest BCUT2D eigenvalue weighted by Crippen LogP contribution is 2.38. The van der Waals surface area contributed by atoms with Crippen molar-refractivity contribution in [3.05, 3.63) is 18.2 Å². The zero-order chi connectivity index (χ0) is 18.6. The van der Waals surface area contributed by atoms with Crippen molar-refractivity contribution in [2.24, 2.45) is 11.3 Å². The van der Waals surface area contributed by atoms with Crippen molar-refractivity contribution in [1.29, 1.82) is 0 Å². The Bertz CT molecular complexity index is 642. The molecule has 0 aliphatic heterocycles. The number of carbonyl (C=O) groups is 2.